The number of hydrogen-bond acceptors (Lipinski definition) is 1. The standard InChI is InChI=1S/C18H22ClN/c1-12-4-5-16(10-14(12)3)17-11-15(6-7-18(17)19)13(2)8-9-20/h4-7,10-11,13H,8-9,20H2,1-3H3. The molecule has 0 spiro atoms. The lowest BCUT2D eigenvalue weighted by molar-refractivity contribution is 0.690. The normalized spacial score (nSPS) is 12.4. The van der Waals surface area contributed by atoms with Crippen LogP contribution >= 0.6 is 11.6 Å². The average molecular weight is 288 g/mol. The van der Waals surface area contributed by atoms with E-state index in [4.69, 9.17) is 17.3 Å². The van der Waals surface area contributed by atoms with Crippen molar-refractivity contribution in [3.63, 3.8) is 0 Å². The molecule has 1 unspecified atom stereocenters. The van der Waals surface area contributed by atoms with E-state index in [0.29, 0.717) is 12.5 Å². The van der Waals surface area contributed by atoms with Gasteiger partial charge in [0.05, 0.1) is 0 Å². The third kappa shape index (κ3) is 3.23. The fourth-order valence-electron chi connectivity index (χ4n) is 2.40. The summed E-state index contributed by atoms with van der Waals surface area (Å²) in [6, 6.07) is 12.8. The van der Waals surface area contributed by atoms with Gasteiger partial charge in [-0.05, 0) is 67.1 Å². The Morgan fingerprint density at radius 1 is 1.05 bits per heavy atom. The van der Waals surface area contributed by atoms with E-state index in [2.05, 4.69) is 51.1 Å². The van der Waals surface area contributed by atoms with Gasteiger partial charge in [-0.2, -0.15) is 0 Å². The van der Waals surface area contributed by atoms with Crippen molar-refractivity contribution < 1.29 is 0 Å². The van der Waals surface area contributed by atoms with Gasteiger partial charge in [0.2, 0.25) is 0 Å². The molecule has 0 amide bonds. The first kappa shape index (κ1) is 15.1. The molecule has 2 aromatic carbocycles. The lowest BCUT2D eigenvalue weighted by Gasteiger charge is -2.14. The quantitative estimate of drug-likeness (QED) is 0.834. The Morgan fingerprint density at radius 3 is 2.45 bits per heavy atom. The highest BCUT2D eigenvalue weighted by molar-refractivity contribution is 6.33. The van der Waals surface area contributed by atoms with Gasteiger partial charge in [-0.1, -0.05) is 42.8 Å². The summed E-state index contributed by atoms with van der Waals surface area (Å²) >= 11 is 6.38. The van der Waals surface area contributed by atoms with E-state index >= 15 is 0 Å². The van der Waals surface area contributed by atoms with Crippen LogP contribution in [0.25, 0.3) is 11.1 Å². The second-order valence-electron chi connectivity index (χ2n) is 5.52. The molecule has 2 N–H and O–H groups in total. The summed E-state index contributed by atoms with van der Waals surface area (Å²) < 4.78 is 0. The second kappa shape index (κ2) is 6.43. The summed E-state index contributed by atoms with van der Waals surface area (Å²) in [4.78, 5) is 0. The minimum Gasteiger partial charge on any atom is -0.330 e. The van der Waals surface area contributed by atoms with Gasteiger partial charge in [-0.25, -0.2) is 0 Å². The Labute approximate surface area is 126 Å². The van der Waals surface area contributed by atoms with E-state index in [1.165, 1.54) is 22.3 Å². The Kier molecular flexibility index (Phi) is 4.85. The van der Waals surface area contributed by atoms with Crippen LogP contribution in [0.4, 0.5) is 0 Å². The molecule has 2 rings (SSSR count). The topological polar surface area (TPSA) is 26.0 Å². The van der Waals surface area contributed by atoms with Crippen LogP contribution in [0.15, 0.2) is 36.4 Å². The summed E-state index contributed by atoms with van der Waals surface area (Å²) in [6.45, 7) is 7.18. The van der Waals surface area contributed by atoms with Crippen molar-refractivity contribution in [1.29, 1.82) is 0 Å². The molecule has 0 saturated heterocycles. The monoisotopic (exact) mass is 287 g/mol. The Bertz CT molecular complexity index is 604. The summed E-state index contributed by atoms with van der Waals surface area (Å²) in [5, 5.41) is 0.803. The van der Waals surface area contributed by atoms with Gasteiger partial charge >= 0.3 is 0 Å². The van der Waals surface area contributed by atoms with Crippen LogP contribution in [0.2, 0.25) is 5.02 Å². The first-order chi connectivity index (χ1) is 9.52. The minimum absolute atomic E-state index is 0.461. The highest BCUT2D eigenvalue weighted by Gasteiger charge is 2.10. The maximum absolute atomic E-state index is 6.38. The fraction of sp³-hybridized carbons (Fsp3) is 0.333. The average Bonchev–Trinajstić information content (AvgIpc) is 2.43. The molecule has 0 heterocycles. The number of aryl methyl sites for hydroxylation is 2. The van der Waals surface area contributed by atoms with Gasteiger partial charge in [-0.15, -0.1) is 0 Å². The van der Waals surface area contributed by atoms with Crippen molar-refractivity contribution in [3.05, 3.63) is 58.1 Å². The highest BCUT2D eigenvalue weighted by Crippen LogP contribution is 2.32. The van der Waals surface area contributed by atoms with Crippen LogP contribution in [-0.4, -0.2) is 6.54 Å². The zero-order chi connectivity index (χ0) is 14.7. The van der Waals surface area contributed by atoms with Gasteiger partial charge in [0.25, 0.3) is 0 Å². The lowest BCUT2D eigenvalue weighted by Crippen LogP contribution is -2.04. The van der Waals surface area contributed by atoms with Gasteiger partial charge in [0.1, 0.15) is 0 Å². The summed E-state index contributed by atoms with van der Waals surface area (Å²) in [7, 11) is 0. The van der Waals surface area contributed by atoms with Crippen LogP contribution in [-0.2, 0) is 0 Å². The second-order valence-corrected chi connectivity index (χ2v) is 5.92. The zero-order valence-electron chi connectivity index (χ0n) is 12.4. The first-order valence-corrected chi connectivity index (χ1v) is 7.48. The van der Waals surface area contributed by atoms with Gasteiger partial charge in [0, 0.05) is 10.6 Å². The number of hydrogen-bond donors (Lipinski definition) is 1. The molecular weight excluding hydrogens is 266 g/mol. The van der Waals surface area contributed by atoms with Crippen molar-refractivity contribution in [1.82, 2.24) is 0 Å². The molecule has 106 valence electrons. The van der Waals surface area contributed by atoms with Crippen molar-refractivity contribution >= 4 is 11.6 Å². The maximum atomic E-state index is 6.38. The van der Waals surface area contributed by atoms with E-state index in [1.807, 2.05) is 6.07 Å². The van der Waals surface area contributed by atoms with Crippen molar-refractivity contribution in [2.45, 2.75) is 33.1 Å². The lowest BCUT2D eigenvalue weighted by atomic mass is 9.93. The Balaban J connectivity index is 2.44. The number of benzene rings is 2. The molecule has 0 fully saturated rings. The number of rotatable bonds is 4. The smallest absolute Gasteiger partial charge is 0.0484 e. The molecular formula is C18H22ClN. The molecule has 0 aliphatic rings. The predicted molar refractivity (Wildman–Crippen MR) is 88.4 cm³/mol. The van der Waals surface area contributed by atoms with Gasteiger partial charge in [0.15, 0.2) is 0 Å². The predicted octanol–water partition coefficient (Wildman–Crippen LogP) is 5.08. The largest absolute Gasteiger partial charge is 0.330 e. The molecule has 0 radical (unpaired) electrons. The number of nitrogens with two attached hydrogens (primary N) is 1. The fourth-order valence-corrected chi connectivity index (χ4v) is 2.62. The molecule has 0 bridgehead atoms. The van der Waals surface area contributed by atoms with Crippen LogP contribution in [0.3, 0.4) is 0 Å². The van der Waals surface area contributed by atoms with Gasteiger partial charge in [-0.3, -0.25) is 0 Å². The van der Waals surface area contributed by atoms with E-state index in [0.717, 1.165) is 17.0 Å². The molecule has 1 atom stereocenters. The molecule has 0 aliphatic heterocycles. The third-order valence-electron chi connectivity index (χ3n) is 3.98. The van der Waals surface area contributed by atoms with Crippen LogP contribution in [0.5, 0.6) is 0 Å². The van der Waals surface area contributed by atoms with Crippen LogP contribution < -0.4 is 5.73 Å². The Morgan fingerprint density at radius 2 is 1.80 bits per heavy atom. The Hall–Kier alpha value is -1.31. The van der Waals surface area contributed by atoms with E-state index in [9.17, 15) is 0 Å². The van der Waals surface area contributed by atoms with Gasteiger partial charge < -0.3 is 5.73 Å². The first-order valence-electron chi connectivity index (χ1n) is 7.10. The van der Waals surface area contributed by atoms with Crippen LogP contribution in [0, 0.1) is 13.8 Å². The van der Waals surface area contributed by atoms with E-state index < -0.39 is 0 Å². The van der Waals surface area contributed by atoms with E-state index in [1.54, 1.807) is 0 Å². The SMILES string of the molecule is Cc1ccc(-c2cc(C(C)CCN)ccc2Cl)cc1C. The van der Waals surface area contributed by atoms with Crippen molar-refractivity contribution in [2.24, 2.45) is 5.73 Å². The third-order valence-corrected chi connectivity index (χ3v) is 4.31. The number of halogens is 1. The summed E-state index contributed by atoms with van der Waals surface area (Å²) in [5.74, 6) is 0.461. The molecule has 0 aromatic heterocycles. The molecule has 0 saturated carbocycles. The molecule has 2 heteroatoms. The summed E-state index contributed by atoms with van der Waals surface area (Å²) in [5.41, 5.74) is 11.8. The zero-order valence-corrected chi connectivity index (χ0v) is 13.2. The van der Waals surface area contributed by atoms with Crippen molar-refractivity contribution in [2.75, 3.05) is 6.54 Å². The molecule has 2 aromatic rings. The van der Waals surface area contributed by atoms with Crippen LogP contribution in [0.1, 0.15) is 36.0 Å². The molecule has 0 aliphatic carbocycles. The summed E-state index contributed by atoms with van der Waals surface area (Å²) in [6.07, 6.45) is 0.994. The van der Waals surface area contributed by atoms with E-state index in [-0.39, 0.29) is 0 Å². The maximum Gasteiger partial charge on any atom is 0.0484 e. The molecule has 20 heavy (non-hydrogen) atoms. The van der Waals surface area contributed by atoms with Crippen molar-refractivity contribution in [3.8, 4) is 11.1 Å². The molecule has 1 nitrogen and oxygen atoms in total. The minimum atomic E-state index is 0.461. The highest BCUT2D eigenvalue weighted by atomic mass is 35.5.